The van der Waals surface area contributed by atoms with E-state index in [2.05, 4.69) is 4.99 Å². The number of carboxylic acids is 2. The summed E-state index contributed by atoms with van der Waals surface area (Å²) in [4.78, 5) is 27.0. The third kappa shape index (κ3) is 3.93. The van der Waals surface area contributed by atoms with Crippen LogP contribution < -0.4 is 0 Å². The van der Waals surface area contributed by atoms with Crippen molar-refractivity contribution in [1.82, 2.24) is 4.57 Å². The van der Waals surface area contributed by atoms with Crippen LogP contribution in [-0.2, 0) is 0 Å². The lowest BCUT2D eigenvalue weighted by Gasteiger charge is -2.11. The summed E-state index contributed by atoms with van der Waals surface area (Å²) in [7, 11) is 0. The summed E-state index contributed by atoms with van der Waals surface area (Å²) >= 11 is 6.12. The van der Waals surface area contributed by atoms with Gasteiger partial charge in [0.15, 0.2) is 0 Å². The molecule has 0 unspecified atom stereocenters. The Morgan fingerprint density at radius 3 is 2.31 bits per heavy atom. The molecule has 3 rings (SSSR count). The molecule has 1 aromatic heterocycles. The molecule has 0 saturated heterocycles. The number of aliphatic imine (C=N–C) groups is 1. The molecule has 0 spiro atoms. The van der Waals surface area contributed by atoms with E-state index < -0.39 is 11.9 Å². The van der Waals surface area contributed by atoms with Crippen molar-refractivity contribution in [3.8, 4) is 5.69 Å². The highest BCUT2D eigenvalue weighted by atomic mass is 35.5. The molecule has 7 heteroatoms. The van der Waals surface area contributed by atoms with E-state index in [-0.39, 0.29) is 16.1 Å². The average molecular weight is 411 g/mol. The number of halogens is 1. The molecular formula is C22H19ClN2O4. The summed E-state index contributed by atoms with van der Waals surface area (Å²) in [5.74, 6) is -2.06. The molecule has 2 N–H and O–H groups in total. The van der Waals surface area contributed by atoms with Gasteiger partial charge in [-0.2, -0.15) is 0 Å². The van der Waals surface area contributed by atoms with E-state index in [9.17, 15) is 14.7 Å². The van der Waals surface area contributed by atoms with E-state index in [0.717, 1.165) is 22.6 Å². The van der Waals surface area contributed by atoms with Crippen LogP contribution in [0, 0.1) is 20.8 Å². The third-order valence-electron chi connectivity index (χ3n) is 4.79. The maximum absolute atomic E-state index is 11.3. The Labute approximate surface area is 172 Å². The van der Waals surface area contributed by atoms with Crippen LogP contribution in [0.3, 0.4) is 0 Å². The predicted molar refractivity (Wildman–Crippen MR) is 113 cm³/mol. The molecule has 0 bridgehead atoms. The van der Waals surface area contributed by atoms with Crippen LogP contribution in [0.2, 0.25) is 5.02 Å². The fourth-order valence-corrected chi connectivity index (χ4v) is 3.52. The molecule has 0 atom stereocenters. The van der Waals surface area contributed by atoms with Gasteiger partial charge in [0.25, 0.3) is 0 Å². The van der Waals surface area contributed by atoms with Crippen LogP contribution in [0.5, 0.6) is 0 Å². The van der Waals surface area contributed by atoms with E-state index in [1.165, 1.54) is 6.07 Å². The molecule has 0 aliphatic heterocycles. The zero-order chi connectivity index (χ0) is 21.3. The minimum atomic E-state index is -1.07. The number of rotatable bonds is 5. The van der Waals surface area contributed by atoms with Crippen molar-refractivity contribution in [3.63, 3.8) is 0 Å². The Morgan fingerprint density at radius 2 is 1.69 bits per heavy atom. The minimum Gasteiger partial charge on any atom is -0.478 e. The molecule has 0 aliphatic carbocycles. The molecule has 0 amide bonds. The second kappa shape index (κ2) is 7.93. The molecule has 0 radical (unpaired) electrons. The summed E-state index contributed by atoms with van der Waals surface area (Å²) in [5.41, 5.74) is 4.90. The van der Waals surface area contributed by atoms with E-state index in [1.54, 1.807) is 43.5 Å². The number of carboxylic acid groups (broad SMARTS) is 2. The highest BCUT2D eigenvalue weighted by molar-refractivity contribution is 6.33. The maximum Gasteiger partial charge on any atom is 0.337 e. The van der Waals surface area contributed by atoms with Gasteiger partial charge in [-0.05, 0) is 62.7 Å². The zero-order valence-electron chi connectivity index (χ0n) is 16.1. The summed E-state index contributed by atoms with van der Waals surface area (Å²) in [6.45, 7) is 5.58. The van der Waals surface area contributed by atoms with Gasteiger partial charge >= 0.3 is 11.9 Å². The van der Waals surface area contributed by atoms with Crippen LogP contribution in [0.15, 0.2) is 47.5 Å². The number of nitrogens with zero attached hydrogens (tertiary/aromatic N) is 2. The Kier molecular flexibility index (Phi) is 5.57. The van der Waals surface area contributed by atoms with E-state index >= 15 is 0 Å². The van der Waals surface area contributed by atoms with Crippen molar-refractivity contribution in [1.29, 1.82) is 0 Å². The summed E-state index contributed by atoms with van der Waals surface area (Å²) < 4.78 is 1.96. The van der Waals surface area contributed by atoms with Gasteiger partial charge in [-0.25, -0.2) is 9.59 Å². The van der Waals surface area contributed by atoms with Crippen molar-refractivity contribution in [2.24, 2.45) is 4.99 Å². The van der Waals surface area contributed by atoms with Gasteiger partial charge in [0.2, 0.25) is 0 Å². The van der Waals surface area contributed by atoms with Crippen LogP contribution in [-0.4, -0.2) is 32.9 Å². The largest absolute Gasteiger partial charge is 0.478 e. The van der Waals surface area contributed by atoms with Crippen molar-refractivity contribution in [2.45, 2.75) is 20.8 Å². The second-order valence-corrected chi connectivity index (χ2v) is 7.05. The smallest absolute Gasteiger partial charge is 0.337 e. The van der Waals surface area contributed by atoms with E-state index in [0.29, 0.717) is 11.3 Å². The van der Waals surface area contributed by atoms with Gasteiger partial charge < -0.3 is 14.8 Å². The lowest BCUT2D eigenvalue weighted by molar-refractivity contribution is 0.0685. The molecule has 1 heterocycles. The fourth-order valence-electron chi connectivity index (χ4n) is 3.27. The molecule has 6 nitrogen and oxygen atoms in total. The molecular weight excluding hydrogens is 392 g/mol. The summed E-state index contributed by atoms with van der Waals surface area (Å²) in [6.07, 6.45) is 1.69. The molecule has 0 fully saturated rings. The Morgan fingerprint density at radius 1 is 1.00 bits per heavy atom. The van der Waals surface area contributed by atoms with Gasteiger partial charge in [0.05, 0.1) is 21.8 Å². The highest BCUT2D eigenvalue weighted by Crippen LogP contribution is 2.26. The second-order valence-electron chi connectivity index (χ2n) is 6.64. The lowest BCUT2D eigenvalue weighted by Crippen LogP contribution is -2.02. The van der Waals surface area contributed by atoms with Gasteiger partial charge in [0, 0.05) is 28.9 Å². The number of aromatic nitrogens is 1. The van der Waals surface area contributed by atoms with Crippen LogP contribution in [0.1, 0.15) is 43.2 Å². The number of aromatic carboxylic acids is 2. The van der Waals surface area contributed by atoms with E-state index in [1.807, 2.05) is 24.5 Å². The first-order chi connectivity index (χ1) is 13.7. The van der Waals surface area contributed by atoms with Crippen LogP contribution in [0.25, 0.3) is 5.69 Å². The number of benzene rings is 2. The molecule has 0 aliphatic rings. The molecule has 29 heavy (non-hydrogen) atoms. The monoisotopic (exact) mass is 410 g/mol. The Bertz CT molecular complexity index is 1160. The van der Waals surface area contributed by atoms with Crippen molar-refractivity contribution in [2.75, 3.05) is 0 Å². The first kappa shape index (κ1) is 20.4. The summed E-state index contributed by atoms with van der Waals surface area (Å²) in [5, 5.41) is 18.6. The highest BCUT2D eigenvalue weighted by Gasteiger charge is 2.14. The quantitative estimate of drug-likeness (QED) is 0.565. The fraction of sp³-hybridized carbons (Fsp3) is 0.136. The first-order valence-corrected chi connectivity index (χ1v) is 9.17. The normalized spacial score (nSPS) is 11.2. The first-order valence-electron chi connectivity index (χ1n) is 8.80. The number of hydrogen-bond acceptors (Lipinski definition) is 3. The van der Waals surface area contributed by atoms with Crippen LogP contribution >= 0.6 is 11.6 Å². The molecule has 3 aromatic rings. The SMILES string of the molecule is Cc1c(N=Cc2cc(C)n(-c3ccc(C(=O)O)c(Cl)c3)c2C)cccc1C(=O)O. The van der Waals surface area contributed by atoms with Crippen LogP contribution in [0.4, 0.5) is 5.69 Å². The minimum absolute atomic E-state index is 0.0495. The van der Waals surface area contributed by atoms with Gasteiger partial charge in [-0.15, -0.1) is 0 Å². The number of aryl methyl sites for hydroxylation is 1. The van der Waals surface area contributed by atoms with Crippen molar-refractivity contribution in [3.05, 3.63) is 81.1 Å². The van der Waals surface area contributed by atoms with Crippen molar-refractivity contribution >= 4 is 35.4 Å². The average Bonchev–Trinajstić information content (AvgIpc) is 2.93. The molecule has 148 valence electrons. The number of hydrogen-bond donors (Lipinski definition) is 2. The Balaban J connectivity index is 2.00. The topological polar surface area (TPSA) is 91.9 Å². The van der Waals surface area contributed by atoms with Crippen molar-refractivity contribution < 1.29 is 19.8 Å². The number of carbonyl (C=O) groups is 2. The van der Waals surface area contributed by atoms with Gasteiger partial charge in [-0.3, -0.25) is 4.99 Å². The maximum atomic E-state index is 11.3. The van der Waals surface area contributed by atoms with Gasteiger partial charge in [-0.1, -0.05) is 17.7 Å². The van der Waals surface area contributed by atoms with Gasteiger partial charge in [0.1, 0.15) is 0 Å². The molecule has 0 saturated carbocycles. The predicted octanol–water partition coefficient (Wildman–Crippen LogP) is 5.20. The summed E-state index contributed by atoms with van der Waals surface area (Å²) in [6, 6.07) is 11.7. The van der Waals surface area contributed by atoms with E-state index in [4.69, 9.17) is 16.7 Å². The zero-order valence-corrected chi connectivity index (χ0v) is 16.9. The standard InChI is InChI=1S/C22H19ClN2O4/c1-12-9-15(11-24-20-6-4-5-17(13(20)2)21(26)27)14(3)25(12)16-7-8-18(22(28)29)19(23)10-16/h4-11H,1-3H3,(H,26,27)(H,28,29). The third-order valence-corrected chi connectivity index (χ3v) is 5.10. The molecule has 2 aromatic carbocycles. The lowest BCUT2D eigenvalue weighted by atomic mass is 10.1. The Hall–Kier alpha value is -3.38.